The van der Waals surface area contributed by atoms with E-state index >= 15 is 0 Å². The van der Waals surface area contributed by atoms with E-state index in [1.807, 2.05) is 13.8 Å². The second-order valence-corrected chi connectivity index (χ2v) is 8.14. The number of carbonyl (C=O) groups is 1. The number of anilines is 1. The molecule has 0 saturated carbocycles. The lowest BCUT2D eigenvalue weighted by Crippen LogP contribution is -2.32. The van der Waals surface area contributed by atoms with Crippen molar-refractivity contribution in [2.45, 2.75) is 31.6 Å². The van der Waals surface area contributed by atoms with Gasteiger partial charge in [-0.3, -0.25) is 9.52 Å². The maximum atomic E-state index is 13.0. The zero-order valence-corrected chi connectivity index (χ0v) is 16.8. The van der Waals surface area contributed by atoms with Crippen molar-refractivity contribution in [1.82, 2.24) is 4.90 Å². The monoisotopic (exact) mass is 412 g/mol. The molecule has 0 aliphatic heterocycles. The average molecular weight is 413 g/mol. The predicted octanol–water partition coefficient (Wildman–Crippen LogP) is 4.54. The molecule has 5 nitrogen and oxygen atoms in total. The smallest absolute Gasteiger partial charge is 0.261 e. The maximum Gasteiger partial charge on any atom is 0.261 e. The van der Waals surface area contributed by atoms with Crippen LogP contribution in [0.25, 0.3) is 0 Å². The number of halogens is 2. The standard InChI is InChI=1S/C19H22ClFN2O3S/c1-3-11-23(12-4-2)19(24)14-5-10-17(20)18(13-14)22-27(25,26)16-8-6-15(21)7-9-16/h5-10,13,22H,3-4,11-12H2,1-2H3. The molecule has 2 aromatic rings. The summed E-state index contributed by atoms with van der Waals surface area (Å²) in [7, 11) is -3.96. The zero-order valence-electron chi connectivity index (χ0n) is 15.2. The van der Waals surface area contributed by atoms with Gasteiger partial charge in [0.1, 0.15) is 5.82 Å². The van der Waals surface area contributed by atoms with Crippen LogP contribution in [0, 0.1) is 5.82 Å². The Morgan fingerprint density at radius 3 is 2.22 bits per heavy atom. The molecular formula is C19H22ClFN2O3S. The van der Waals surface area contributed by atoms with Crippen molar-refractivity contribution >= 4 is 33.2 Å². The highest BCUT2D eigenvalue weighted by Gasteiger charge is 2.19. The van der Waals surface area contributed by atoms with E-state index in [0.717, 1.165) is 37.1 Å². The Morgan fingerprint density at radius 2 is 1.67 bits per heavy atom. The van der Waals surface area contributed by atoms with Crippen LogP contribution >= 0.6 is 11.6 Å². The fraction of sp³-hybridized carbons (Fsp3) is 0.316. The Bertz CT molecular complexity index is 896. The predicted molar refractivity (Wildman–Crippen MR) is 105 cm³/mol. The minimum Gasteiger partial charge on any atom is -0.339 e. The highest BCUT2D eigenvalue weighted by atomic mass is 35.5. The van der Waals surface area contributed by atoms with Crippen LogP contribution < -0.4 is 4.72 Å². The quantitative estimate of drug-likeness (QED) is 0.692. The lowest BCUT2D eigenvalue weighted by atomic mass is 10.1. The third-order valence-corrected chi connectivity index (χ3v) is 5.57. The van der Waals surface area contributed by atoms with Gasteiger partial charge >= 0.3 is 0 Å². The van der Waals surface area contributed by atoms with Gasteiger partial charge in [0, 0.05) is 18.7 Å². The molecule has 27 heavy (non-hydrogen) atoms. The van der Waals surface area contributed by atoms with Crippen molar-refractivity contribution in [3.8, 4) is 0 Å². The first-order chi connectivity index (χ1) is 12.8. The Balaban J connectivity index is 2.31. The molecule has 0 heterocycles. The van der Waals surface area contributed by atoms with Crippen LogP contribution in [0.5, 0.6) is 0 Å². The van der Waals surface area contributed by atoms with Gasteiger partial charge in [0.15, 0.2) is 0 Å². The number of amides is 1. The molecule has 0 saturated heterocycles. The molecule has 0 radical (unpaired) electrons. The summed E-state index contributed by atoms with van der Waals surface area (Å²) in [6.45, 7) is 5.21. The molecule has 0 bridgehead atoms. The third kappa shape index (κ3) is 5.43. The number of carbonyl (C=O) groups excluding carboxylic acids is 1. The Hall–Kier alpha value is -2.12. The molecule has 0 atom stereocenters. The molecule has 8 heteroatoms. The summed E-state index contributed by atoms with van der Waals surface area (Å²) in [6, 6.07) is 8.90. The highest BCUT2D eigenvalue weighted by Crippen LogP contribution is 2.26. The van der Waals surface area contributed by atoms with Crippen LogP contribution in [0.4, 0.5) is 10.1 Å². The van der Waals surface area contributed by atoms with Crippen molar-refractivity contribution in [3.63, 3.8) is 0 Å². The first kappa shape index (κ1) is 21.2. The summed E-state index contributed by atoms with van der Waals surface area (Å²) in [5.74, 6) is -0.718. The minimum atomic E-state index is -3.96. The summed E-state index contributed by atoms with van der Waals surface area (Å²) in [6.07, 6.45) is 1.65. The fourth-order valence-corrected chi connectivity index (χ4v) is 3.88. The molecule has 0 fully saturated rings. The van der Waals surface area contributed by atoms with Crippen LogP contribution in [0.1, 0.15) is 37.0 Å². The molecule has 0 aromatic heterocycles. The van der Waals surface area contributed by atoms with Crippen LogP contribution in [-0.4, -0.2) is 32.3 Å². The molecule has 0 spiro atoms. The molecule has 2 aromatic carbocycles. The van der Waals surface area contributed by atoms with Crippen molar-refractivity contribution in [2.24, 2.45) is 0 Å². The summed E-state index contributed by atoms with van der Waals surface area (Å²) < 4.78 is 40.4. The number of rotatable bonds is 8. The maximum absolute atomic E-state index is 13.0. The normalized spacial score (nSPS) is 11.3. The van der Waals surface area contributed by atoms with E-state index in [0.29, 0.717) is 18.7 Å². The number of hydrogen-bond donors (Lipinski definition) is 1. The van der Waals surface area contributed by atoms with Gasteiger partial charge in [0.05, 0.1) is 15.6 Å². The minimum absolute atomic E-state index is 0.0970. The molecule has 1 N–H and O–H groups in total. The fourth-order valence-electron chi connectivity index (χ4n) is 2.59. The number of benzene rings is 2. The van der Waals surface area contributed by atoms with Crippen LogP contribution in [-0.2, 0) is 10.0 Å². The van der Waals surface area contributed by atoms with Gasteiger partial charge in [-0.1, -0.05) is 25.4 Å². The number of nitrogens with zero attached hydrogens (tertiary/aromatic N) is 1. The second kappa shape index (κ2) is 9.19. The Morgan fingerprint density at radius 1 is 1.07 bits per heavy atom. The first-order valence-corrected chi connectivity index (χ1v) is 10.5. The number of nitrogens with one attached hydrogen (secondary N) is 1. The highest BCUT2D eigenvalue weighted by molar-refractivity contribution is 7.92. The van der Waals surface area contributed by atoms with E-state index in [-0.39, 0.29) is 21.5 Å². The van der Waals surface area contributed by atoms with Gasteiger partial charge in [-0.05, 0) is 55.3 Å². The van der Waals surface area contributed by atoms with E-state index in [1.165, 1.54) is 12.1 Å². The van der Waals surface area contributed by atoms with E-state index in [2.05, 4.69) is 4.72 Å². The molecular weight excluding hydrogens is 391 g/mol. The second-order valence-electron chi connectivity index (χ2n) is 6.05. The largest absolute Gasteiger partial charge is 0.339 e. The topological polar surface area (TPSA) is 66.5 Å². The van der Waals surface area contributed by atoms with Crippen molar-refractivity contribution in [2.75, 3.05) is 17.8 Å². The lowest BCUT2D eigenvalue weighted by Gasteiger charge is -2.22. The van der Waals surface area contributed by atoms with E-state index in [1.54, 1.807) is 11.0 Å². The molecule has 0 unspecified atom stereocenters. The molecule has 146 valence electrons. The van der Waals surface area contributed by atoms with Crippen molar-refractivity contribution < 1.29 is 17.6 Å². The summed E-state index contributed by atoms with van der Waals surface area (Å²) in [4.78, 5) is 14.3. The zero-order chi connectivity index (χ0) is 20.0. The molecule has 0 aliphatic rings. The van der Waals surface area contributed by atoms with E-state index in [4.69, 9.17) is 11.6 Å². The van der Waals surface area contributed by atoms with E-state index in [9.17, 15) is 17.6 Å². The molecule has 2 rings (SSSR count). The first-order valence-electron chi connectivity index (χ1n) is 8.65. The lowest BCUT2D eigenvalue weighted by molar-refractivity contribution is 0.0755. The summed E-state index contributed by atoms with van der Waals surface area (Å²) in [5, 5.41) is 0.162. The van der Waals surface area contributed by atoms with Gasteiger partial charge < -0.3 is 4.90 Å². The number of hydrogen-bond acceptors (Lipinski definition) is 3. The van der Waals surface area contributed by atoms with Gasteiger partial charge in [0.2, 0.25) is 0 Å². The van der Waals surface area contributed by atoms with Crippen molar-refractivity contribution in [1.29, 1.82) is 0 Å². The van der Waals surface area contributed by atoms with Crippen LogP contribution in [0.2, 0.25) is 5.02 Å². The van der Waals surface area contributed by atoms with Crippen LogP contribution in [0.3, 0.4) is 0 Å². The Kier molecular flexibility index (Phi) is 7.21. The molecule has 1 amide bonds. The number of sulfonamides is 1. The Labute approximate surface area is 164 Å². The van der Waals surface area contributed by atoms with E-state index < -0.39 is 15.8 Å². The average Bonchev–Trinajstić information content (AvgIpc) is 2.63. The summed E-state index contributed by atoms with van der Waals surface area (Å²) in [5.41, 5.74) is 0.442. The SMILES string of the molecule is CCCN(CCC)C(=O)c1ccc(Cl)c(NS(=O)(=O)c2ccc(F)cc2)c1. The summed E-state index contributed by atoms with van der Waals surface area (Å²) >= 11 is 6.11. The molecule has 0 aliphatic carbocycles. The third-order valence-electron chi connectivity index (χ3n) is 3.86. The van der Waals surface area contributed by atoms with Gasteiger partial charge in [-0.25, -0.2) is 12.8 Å². The van der Waals surface area contributed by atoms with Gasteiger partial charge in [-0.15, -0.1) is 0 Å². The van der Waals surface area contributed by atoms with Gasteiger partial charge in [0.25, 0.3) is 15.9 Å². The van der Waals surface area contributed by atoms with Crippen molar-refractivity contribution in [3.05, 3.63) is 58.9 Å². The van der Waals surface area contributed by atoms with Crippen LogP contribution in [0.15, 0.2) is 47.4 Å². The van der Waals surface area contributed by atoms with Gasteiger partial charge in [-0.2, -0.15) is 0 Å².